The maximum Gasteiger partial charge on any atom is 0.341 e. The molecule has 19 atom stereocenters. The molecule has 0 bridgehead atoms. The minimum absolute atomic E-state index is 0.0276. The average Bonchev–Trinajstić information content (AvgIpc) is 3.60. The van der Waals surface area contributed by atoms with Crippen LogP contribution in [-0.2, 0) is 63.8 Å². The highest BCUT2D eigenvalue weighted by molar-refractivity contribution is 7.91. The van der Waals surface area contributed by atoms with E-state index in [2.05, 4.69) is 10.5 Å². The van der Waals surface area contributed by atoms with Gasteiger partial charge in [0.25, 0.3) is 0 Å². The molecule has 458 valence electrons. The normalized spacial score (nSPS) is 37.9. The third kappa shape index (κ3) is 14.3. The number of pyridine rings is 1. The van der Waals surface area contributed by atoms with E-state index in [1.165, 1.54) is 33.4 Å². The van der Waals surface area contributed by atoms with Crippen molar-refractivity contribution in [2.75, 3.05) is 47.2 Å². The molecule has 23 nitrogen and oxygen atoms in total. The van der Waals surface area contributed by atoms with Gasteiger partial charge >= 0.3 is 17.9 Å². The van der Waals surface area contributed by atoms with E-state index in [9.17, 15) is 53.1 Å². The fourth-order valence-electron chi connectivity index (χ4n) is 12.7. The number of sulfone groups is 1. The summed E-state index contributed by atoms with van der Waals surface area (Å²) in [6.45, 7) is 18.6. The van der Waals surface area contributed by atoms with E-state index < -0.39 is 135 Å². The molecule has 10 unspecified atom stereocenters. The van der Waals surface area contributed by atoms with Gasteiger partial charge in [-0.2, -0.15) is 0 Å². The van der Waals surface area contributed by atoms with Gasteiger partial charge < -0.3 is 78.3 Å². The molecular formula is C57H90N4O19S. The second kappa shape index (κ2) is 26.4. The number of carbonyl (C=O) groups excluding carboxylic acids is 2. The number of carboxylic acids is 1. The molecule has 6 rings (SSSR count). The number of esters is 2. The van der Waals surface area contributed by atoms with Crippen molar-refractivity contribution in [1.82, 2.24) is 14.8 Å². The van der Waals surface area contributed by atoms with Crippen molar-refractivity contribution in [3.05, 3.63) is 39.7 Å². The smallest absolute Gasteiger partial charge is 0.341 e. The second-order valence-electron chi connectivity index (χ2n) is 24.0. The zero-order valence-corrected chi connectivity index (χ0v) is 50.6. The van der Waals surface area contributed by atoms with Crippen molar-refractivity contribution < 1.29 is 86.3 Å². The first-order chi connectivity index (χ1) is 37.7. The molecule has 3 fully saturated rings. The van der Waals surface area contributed by atoms with Crippen LogP contribution < -0.4 is 10.7 Å². The van der Waals surface area contributed by atoms with Crippen LogP contribution in [0.25, 0.3) is 10.9 Å². The molecule has 0 saturated carbocycles. The number of hydrogen-bond donors (Lipinski definition) is 6. The Kier molecular flexibility index (Phi) is 21.5. The van der Waals surface area contributed by atoms with Crippen molar-refractivity contribution >= 4 is 44.4 Å². The number of aliphatic hydroxyl groups is 4. The van der Waals surface area contributed by atoms with Gasteiger partial charge in [0.1, 0.15) is 36.1 Å². The Bertz CT molecular complexity index is 2750. The molecular weight excluding hydrogens is 1080 g/mol. The first kappa shape index (κ1) is 66.0. The number of nitrogens with zero attached hydrogens (tertiary/aromatic N) is 3. The molecule has 4 aliphatic rings. The zero-order chi connectivity index (χ0) is 60.4. The molecule has 5 heterocycles. The quantitative estimate of drug-likeness (QED) is 0.0746. The van der Waals surface area contributed by atoms with Gasteiger partial charge in [0.2, 0.25) is 5.43 Å². The average molecular weight is 1170 g/mol. The molecule has 0 aliphatic carbocycles. The van der Waals surface area contributed by atoms with Crippen molar-refractivity contribution in [2.24, 2.45) is 28.8 Å². The lowest BCUT2D eigenvalue weighted by molar-refractivity contribution is -0.318. The van der Waals surface area contributed by atoms with Gasteiger partial charge in [-0.1, -0.05) is 32.9 Å². The monoisotopic (exact) mass is 1170 g/mol. The van der Waals surface area contributed by atoms with E-state index >= 15 is 0 Å². The van der Waals surface area contributed by atoms with Crippen LogP contribution >= 0.6 is 0 Å². The van der Waals surface area contributed by atoms with Gasteiger partial charge in [0.15, 0.2) is 28.5 Å². The number of carbonyl (C=O) groups is 3. The minimum atomic E-state index is -3.98. The van der Waals surface area contributed by atoms with Gasteiger partial charge in [-0.25, -0.2) is 13.2 Å². The second-order valence-corrected chi connectivity index (χ2v) is 26.1. The number of likely N-dealkylation sites (N-methyl/N-ethyl adjacent to an activating group) is 1. The Hall–Kier alpha value is -4.18. The van der Waals surface area contributed by atoms with Crippen molar-refractivity contribution in [2.45, 2.75) is 216 Å². The first-order valence-corrected chi connectivity index (χ1v) is 29.9. The van der Waals surface area contributed by atoms with Gasteiger partial charge in [0.05, 0.1) is 70.3 Å². The van der Waals surface area contributed by atoms with E-state index in [1.54, 1.807) is 66.0 Å². The van der Waals surface area contributed by atoms with Gasteiger partial charge in [-0.05, 0) is 112 Å². The Morgan fingerprint density at radius 3 is 2.23 bits per heavy atom. The number of aromatic nitrogens is 1. The van der Waals surface area contributed by atoms with Crippen LogP contribution in [-0.4, -0.2) is 198 Å². The van der Waals surface area contributed by atoms with Crippen molar-refractivity contribution in [1.29, 1.82) is 0 Å². The summed E-state index contributed by atoms with van der Waals surface area (Å²) in [6, 6.07) is 2.31. The van der Waals surface area contributed by atoms with E-state index in [-0.39, 0.29) is 73.0 Å². The molecule has 3 saturated heterocycles. The SMILES string of the molecule is CCC1OC(=O)[C@H](C)[C@@H](OC2CC(C)(OC)C(OC(=O)CCNCCS(=O)(=O)c3cc4c5c(c3)c(=O)c(C(=O)O)cn5C(C)CC4)[C@H](C)O2)C(C)[C@@H](O[C@@H]2O[C@H](C)C[C@H](N(C)C)C2O)[C@](C)(O)CC(C)C(=NOC)[C@H](C)C(O)C1(C)O. The highest BCUT2D eigenvalue weighted by Crippen LogP contribution is 2.42. The van der Waals surface area contributed by atoms with Gasteiger partial charge in [-0.15, -0.1) is 0 Å². The fraction of sp³-hybridized carbons (Fsp3) is 0.772. The van der Waals surface area contributed by atoms with Crippen molar-refractivity contribution in [3.63, 3.8) is 0 Å². The molecule has 81 heavy (non-hydrogen) atoms. The molecule has 1 aromatic carbocycles. The lowest BCUT2D eigenvalue weighted by Crippen LogP contribution is -2.61. The molecule has 6 N–H and O–H groups in total. The van der Waals surface area contributed by atoms with Crippen LogP contribution in [0.15, 0.2) is 33.2 Å². The molecule has 4 aliphatic heterocycles. The summed E-state index contributed by atoms with van der Waals surface area (Å²) in [6.07, 6.45) is -8.27. The number of ether oxygens (including phenoxy) is 7. The fourth-order valence-corrected chi connectivity index (χ4v) is 13.9. The number of cyclic esters (lactones) is 1. The first-order valence-electron chi connectivity index (χ1n) is 28.3. The van der Waals surface area contributed by atoms with E-state index in [4.69, 9.17) is 38.0 Å². The highest BCUT2D eigenvalue weighted by Gasteiger charge is 2.54. The Labute approximate surface area is 475 Å². The predicted octanol–water partition coefficient (Wildman–Crippen LogP) is 3.74. The van der Waals surface area contributed by atoms with Gasteiger partial charge in [0, 0.05) is 68.0 Å². The highest BCUT2D eigenvalue weighted by atomic mass is 32.2. The van der Waals surface area contributed by atoms with Crippen LogP contribution in [0.1, 0.15) is 137 Å². The maximum absolute atomic E-state index is 14.6. The predicted molar refractivity (Wildman–Crippen MR) is 297 cm³/mol. The Morgan fingerprint density at radius 1 is 0.938 bits per heavy atom. The molecule has 0 spiro atoms. The Balaban J connectivity index is 1.21. The summed E-state index contributed by atoms with van der Waals surface area (Å²) in [7, 11) is 2.49. The van der Waals surface area contributed by atoms with Crippen LogP contribution in [0.5, 0.6) is 0 Å². The largest absolute Gasteiger partial charge is 0.477 e. The number of nitrogens with one attached hydrogen (secondary N) is 1. The zero-order valence-electron chi connectivity index (χ0n) is 49.7. The summed E-state index contributed by atoms with van der Waals surface area (Å²) in [5, 5.41) is 65.6. The number of methoxy groups -OCH3 is 1. The number of hydrogen-bond acceptors (Lipinski definition) is 21. The summed E-state index contributed by atoms with van der Waals surface area (Å²) >= 11 is 0. The number of aliphatic hydroxyl groups excluding tert-OH is 2. The summed E-state index contributed by atoms with van der Waals surface area (Å²) < 4.78 is 73.7. The molecule has 1 aromatic heterocycles. The topological polar surface area (TPSA) is 310 Å². The standard InChI is InChI=1S/C57H90N4O19S/c1-16-41-57(11,70)49(65)32(5)44(59-74-15)29(2)26-55(9,69)50(80-54-47(64)40(60(12)13)23-31(4)75-54)33(6)48(34(7)53(68)77-41)79-43-27-56(10,73-14)51(35(8)76-43)78-42(62)19-20-58-21-22-81(71,72)37-24-36-18-17-30(3)61-28-39(52(66)67)46(63)38(25-37)45(36)61/h24-25,28-35,40-41,43,47-51,54,58,64-65,69-70H,16-23,26-27H2,1-15H3,(H,66,67)/t29?,30?,31-,32+,33?,34-,35+,40+,41?,43?,47?,48+,49?,50-,51?,54+,55-,56?,57?/m1/s1. The summed E-state index contributed by atoms with van der Waals surface area (Å²) in [5.74, 6) is -6.83. The third-order valence-electron chi connectivity index (χ3n) is 17.4. The van der Waals surface area contributed by atoms with Gasteiger partial charge in [-0.3, -0.25) is 14.4 Å². The molecule has 0 radical (unpaired) electrons. The van der Waals surface area contributed by atoms with E-state index in [0.717, 1.165) is 0 Å². The van der Waals surface area contributed by atoms with Crippen LogP contribution in [0.3, 0.4) is 0 Å². The van der Waals surface area contributed by atoms with Crippen LogP contribution in [0.2, 0.25) is 0 Å². The summed E-state index contributed by atoms with van der Waals surface area (Å²) in [5.41, 5.74) is -4.81. The molecule has 2 aromatic rings. The number of aryl methyl sites for hydroxylation is 1. The van der Waals surface area contributed by atoms with Crippen LogP contribution in [0, 0.1) is 23.7 Å². The lowest BCUT2D eigenvalue weighted by atomic mass is 9.73. The Morgan fingerprint density at radius 2 is 1.62 bits per heavy atom. The van der Waals surface area contributed by atoms with E-state index in [0.29, 0.717) is 36.1 Å². The number of rotatable bonds is 17. The lowest BCUT2D eigenvalue weighted by Gasteiger charge is -2.49. The number of benzene rings is 1. The number of carboxylic acid groups (broad SMARTS) is 1. The minimum Gasteiger partial charge on any atom is -0.477 e. The number of aromatic carboxylic acids is 1. The third-order valence-corrected chi connectivity index (χ3v) is 19.1. The number of oxime groups is 1. The maximum atomic E-state index is 14.6. The molecule has 0 amide bonds. The molecule has 24 heteroatoms. The van der Waals surface area contributed by atoms with E-state index in [1.807, 2.05) is 32.8 Å². The van der Waals surface area contributed by atoms with Crippen molar-refractivity contribution in [3.8, 4) is 0 Å². The summed E-state index contributed by atoms with van der Waals surface area (Å²) in [4.78, 5) is 60.5. The van der Waals surface area contributed by atoms with Crippen LogP contribution in [0.4, 0.5) is 0 Å².